The summed E-state index contributed by atoms with van der Waals surface area (Å²) in [4.78, 5) is 0. The molecule has 1 nitrogen and oxygen atoms in total. The van der Waals surface area contributed by atoms with Crippen molar-refractivity contribution >= 4 is 21.4 Å². The average Bonchev–Trinajstić information content (AvgIpc) is 2.75. The molecule has 0 fully saturated rings. The largest absolute Gasteiger partial charge is 0.315 e. The van der Waals surface area contributed by atoms with Crippen LogP contribution in [0, 0.1) is 0 Å². The number of hydrogen-bond acceptors (Lipinski definition) is 2. The molecule has 0 spiro atoms. The molecule has 1 aromatic heterocycles. The average molecular weight is 233 g/mol. The number of aryl methyl sites for hydroxylation is 1. The molecular weight excluding hydrogens is 214 g/mol. The Morgan fingerprint density at radius 2 is 2.19 bits per heavy atom. The standard InChI is InChI=1S/C14H19NS/c1-3-15-11(2)7-8-12-5-4-6-13-9-10-16-14(12)13/h4-6,9-11,15H,3,7-8H2,1-2H3. The molecule has 0 amide bonds. The summed E-state index contributed by atoms with van der Waals surface area (Å²) in [5.41, 5.74) is 1.50. The Hall–Kier alpha value is -0.860. The quantitative estimate of drug-likeness (QED) is 0.827. The minimum atomic E-state index is 0.611. The first-order chi connectivity index (χ1) is 7.81. The Bertz CT molecular complexity index is 447. The van der Waals surface area contributed by atoms with Crippen LogP contribution in [0.25, 0.3) is 10.1 Å². The minimum Gasteiger partial charge on any atom is -0.315 e. The van der Waals surface area contributed by atoms with E-state index in [9.17, 15) is 0 Å². The van der Waals surface area contributed by atoms with E-state index in [1.807, 2.05) is 11.3 Å². The molecule has 0 saturated heterocycles. The number of nitrogens with one attached hydrogen (secondary N) is 1. The molecule has 0 aliphatic carbocycles. The van der Waals surface area contributed by atoms with Crippen molar-refractivity contribution < 1.29 is 0 Å². The molecule has 0 saturated carbocycles. The van der Waals surface area contributed by atoms with Gasteiger partial charge in [-0.25, -0.2) is 0 Å². The number of fused-ring (bicyclic) bond motifs is 1. The van der Waals surface area contributed by atoms with Crippen LogP contribution in [0.2, 0.25) is 0 Å². The lowest BCUT2D eigenvalue weighted by molar-refractivity contribution is 0.531. The second kappa shape index (κ2) is 5.46. The zero-order chi connectivity index (χ0) is 11.4. The maximum Gasteiger partial charge on any atom is 0.0374 e. The van der Waals surface area contributed by atoms with Crippen molar-refractivity contribution in [3.05, 3.63) is 35.2 Å². The van der Waals surface area contributed by atoms with E-state index < -0.39 is 0 Å². The van der Waals surface area contributed by atoms with Crippen LogP contribution in [0.5, 0.6) is 0 Å². The zero-order valence-corrected chi connectivity index (χ0v) is 10.8. The van der Waals surface area contributed by atoms with Crippen LogP contribution in [0.4, 0.5) is 0 Å². The van der Waals surface area contributed by atoms with Gasteiger partial charge in [0.1, 0.15) is 0 Å². The van der Waals surface area contributed by atoms with E-state index >= 15 is 0 Å². The smallest absolute Gasteiger partial charge is 0.0374 e. The second-order valence-electron chi connectivity index (χ2n) is 4.25. The summed E-state index contributed by atoms with van der Waals surface area (Å²) in [6.07, 6.45) is 2.39. The highest BCUT2D eigenvalue weighted by molar-refractivity contribution is 7.17. The maximum absolute atomic E-state index is 3.46. The molecule has 86 valence electrons. The monoisotopic (exact) mass is 233 g/mol. The van der Waals surface area contributed by atoms with Gasteiger partial charge in [-0.3, -0.25) is 0 Å². The normalized spacial score (nSPS) is 13.1. The van der Waals surface area contributed by atoms with Crippen molar-refractivity contribution in [2.75, 3.05) is 6.54 Å². The second-order valence-corrected chi connectivity index (χ2v) is 5.17. The lowest BCUT2D eigenvalue weighted by Crippen LogP contribution is -2.25. The van der Waals surface area contributed by atoms with Gasteiger partial charge in [0.2, 0.25) is 0 Å². The Morgan fingerprint density at radius 1 is 1.31 bits per heavy atom. The summed E-state index contributed by atoms with van der Waals surface area (Å²) in [5.74, 6) is 0. The van der Waals surface area contributed by atoms with Crippen LogP contribution < -0.4 is 5.32 Å². The molecular formula is C14H19NS. The predicted octanol–water partition coefficient (Wildman–Crippen LogP) is 3.83. The number of rotatable bonds is 5. The van der Waals surface area contributed by atoms with Crippen molar-refractivity contribution in [3.63, 3.8) is 0 Å². The Morgan fingerprint density at radius 3 is 3.00 bits per heavy atom. The first-order valence-corrected chi connectivity index (χ1v) is 6.87. The van der Waals surface area contributed by atoms with Gasteiger partial charge in [-0.15, -0.1) is 11.3 Å². The number of benzene rings is 1. The van der Waals surface area contributed by atoms with Crippen molar-refractivity contribution in [2.45, 2.75) is 32.7 Å². The van der Waals surface area contributed by atoms with E-state index in [2.05, 4.69) is 48.8 Å². The lowest BCUT2D eigenvalue weighted by atomic mass is 10.0. The number of thiophene rings is 1. The third kappa shape index (κ3) is 2.63. The first-order valence-electron chi connectivity index (χ1n) is 5.99. The van der Waals surface area contributed by atoms with E-state index in [4.69, 9.17) is 0 Å². The van der Waals surface area contributed by atoms with Gasteiger partial charge in [0.05, 0.1) is 0 Å². The topological polar surface area (TPSA) is 12.0 Å². The molecule has 0 aliphatic rings. The molecule has 0 aliphatic heterocycles. The van der Waals surface area contributed by atoms with Crippen molar-refractivity contribution in [2.24, 2.45) is 0 Å². The summed E-state index contributed by atoms with van der Waals surface area (Å²) < 4.78 is 1.46. The Balaban J connectivity index is 2.06. The molecule has 0 radical (unpaired) electrons. The fourth-order valence-corrected chi connectivity index (χ4v) is 3.02. The van der Waals surface area contributed by atoms with Gasteiger partial charge < -0.3 is 5.32 Å². The van der Waals surface area contributed by atoms with Gasteiger partial charge in [0, 0.05) is 10.7 Å². The van der Waals surface area contributed by atoms with Gasteiger partial charge in [-0.2, -0.15) is 0 Å². The predicted molar refractivity (Wildman–Crippen MR) is 73.3 cm³/mol. The Kier molecular flexibility index (Phi) is 3.97. The van der Waals surface area contributed by atoms with Gasteiger partial charge in [0.25, 0.3) is 0 Å². The van der Waals surface area contributed by atoms with Crippen LogP contribution in [0.3, 0.4) is 0 Å². The van der Waals surface area contributed by atoms with Gasteiger partial charge in [-0.05, 0) is 48.7 Å². The van der Waals surface area contributed by atoms with E-state index in [0.717, 1.165) is 6.54 Å². The van der Waals surface area contributed by atoms with Crippen LogP contribution >= 0.6 is 11.3 Å². The van der Waals surface area contributed by atoms with Crippen molar-refractivity contribution in [3.8, 4) is 0 Å². The maximum atomic E-state index is 3.46. The van der Waals surface area contributed by atoms with Gasteiger partial charge >= 0.3 is 0 Å². The lowest BCUT2D eigenvalue weighted by Gasteiger charge is -2.12. The van der Waals surface area contributed by atoms with Crippen molar-refractivity contribution in [1.82, 2.24) is 5.32 Å². The summed E-state index contributed by atoms with van der Waals surface area (Å²) in [7, 11) is 0. The molecule has 16 heavy (non-hydrogen) atoms. The molecule has 1 N–H and O–H groups in total. The molecule has 2 aromatic rings. The van der Waals surface area contributed by atoms with Gasteiger partial charge in [0.15, 0.2) is 0 Å². The zero-order valence-electron chi connectivity index (χ0n) is 9.99. The van der Waals surface area contributed by atoms with E-state index in [0.29, 0.717) is 6.04 Å². The SMILES string of the molecule is CCNC(C)CCc1cccc2ccsc12. The molecule has 2 rings (SSSR count). The fraction of sp³-hybridized carbons (Fsp3) is 0.429. The highest BCUT2D eigenvalue weighted by Gasteiger charge is 2.04. The summed E-state index contributed by atoms with van der Waals surface area (Å²) in [5, 5.41) is 7.03. The van der Waals surface area contributed by atoms with Crippen LogP contribution in [0.15, 0.2) is 29.6 Å². The molecule has 1 unspecified atom stereocenters. The van der Waals surface area contributed by atoms with E-state index in [1.54, 1.807) is 0 Å². The van der Waals surface area contributed by atoms with Crippen LogP contribution in [-0.2, 0) is 6.42 Å². The van der Waals surface area contributed by atoms with Crippen molar-refractivity contribution in [1.29, 1.82) is 0 Å². The molecule has 1 aromatic carbocycles. The van der Waals surface area contributed by atoms with Crippen LogP contribution in [-0.4, -0.2) is 12.6 Å². The molecule has 1 heterocycles. The third-order valence-corrected chi connectivity index (χ3v) is 3.97. The van der Waals surface area contributed by atoms with Crippen LogP contribution in [0.1, 0.15) is 25.8 Å². The molecule has 0 bridgehead atoms. The Labute approximate surface area is 101 Å². The van der Waals surface area contributed by atoms with E-state index in [1.165, 1.54) is 28.5 Å². The fourth-order valence-electron chi connectivity index (χ4n) is 2.07. The highest BCUT2D eigenvalue weighted by atomic mass is 32.1. The first kappa shape index (κ1) is 11.6. The molecule has 1 atom stereocenters. The summed E-state index contributed by atoms with van der Waals surface area (Å²) in [6.45, 7) is 5.49. The number of hydrogen-bond donors (Lipinski definition) is 1. The summed E-state index contributed by atoms with van der Waals surface area (Å²) >= 11 is 1.86. The minimum absolute atomic E-state index is 0.611. The molecule has 2 heteroatoms. The summed E-state index contributed by atoms with van der Waals surface area (Å²) in [6, 6.07) is 9.44. The van der Waals surface area contributed by atoms with Gasteiger partial charge in [-0.1, -0.05) is 25.1 Å². The highest BCUT2D eigenvalue weighted by Crippen LogP contribution is 2.25. The van der Waals surface area contributed by atoms with E-state index in [-0.39, 0.29) is 0 Å². The third-order valence-electron chi connectivity index (χ3n) is 2.96.